The largest absolute Gasteiger partial charge is 0.459 e. The number of carbonyl (C=O) groups is 1. The number of halogens is 1. The number of ether oxygens (including phenoxy) is 1. The highest BCUT2D eigenvalue weighted by atomic mass is 32.2. The molecule has 0 aliphatic rings. The van der Waals surface area contributed by atoms with Crippen molar-refractivity contribution in [1.82, 2.24) is 4.98 Å². The van der Waals surface area contributed by atoms with Crippen molar-refractivity contribution in [2.24, 2.45) is 0 Å². The molecule has 2 aromatic carbocycles. The summed E-state index contributed by atoms with van der Waals surface area (Å²) in [5.41, 5.74) is 2.82. The van der Waals surface area contributed by atoms with Gasteiger partial charge in [0.15, 0.2) is 5.13 Å². The number of thioether (sulfide) groups is 1. The lowest BCUT2D eigenvalue weighted by molar-refractivity contribution is -0.141. The fourth-order valence-electron chi connectivity index (χ4n) is 2.09. The number of rotatable bonds is 7. The number of hydrogen-bond acceptors (Lipinski definition) is 6. The van der Waals surface area contributed by atoms with Gasteiger partial charge in [-0.05, 0) is 31.2 Å². The number of anilines is 2. The van der Waals surface area contributed by atoms with Crippen LogP contribution in [0.25, 0.3) is 0 Å². The Morgan fingerprint density at radius 1 is 1.23 bits per heavy atom. The average Bonchev–Trinajstić information content (AvgIpc) is 3.09. The second-order valence-electron chi connectivity index (χ2n) is 5.51. The molecule has 0 saturated carbocycles. The van der Waals surface area contributed by atoms with Crippen LogP contribution in [0, 0.1) is 12.7 Å². The van der Waals surface area contributed by atoms with Crippen molar-refractivity contribution in [3.8, 4) is 0 Å². The molecule has 0 bridgehead atoms. The second-order valence-corrected chi connectivity index (χ2v) is 7.39. The van der Waals surface area contributed by atoms with Crippen molar-refractivity contribution < 1.29 is 13.9 Å². The summed E-state index contributed by atoms with van der Waals surface area (Å²) in [6.45, 7) is 2.13. The lowest BCUT2D eigenvalue weighted by Crippen LogP contribution is -2.07. The molecule has 26 heavy (non-hydrogen) atoms. The molecule has 0 radical (unpaired) electrons. The highest BCUT2D eigenvalue weighted by Gasteiger charge is 2.09. The van der Waals surface area contributed by atoms with E-state index in [1.165, 1.54) is 23.0 Å². The number of hydrogen-bond donors (Lipinski definition) is 1. The molecule has 0 spiro atoms. The maximum atomic E-state index is 13.5. The van der Waals surface area contributed by atoms with E-state index in [2.05, 4.69) is 10.3 Å². The van der Waals surface area contributed by atoms with Gasteiger partial charge in [-0.2, -0.15) is 0 Å². The first kappa shape index (κ1) is 18.4. The average molecular weight is 388 g/mol. The molecule has 134 valence electrons. The van der Waals surface area contributed by atoms with Crippen LogP contribution in [-0.4, -0.2) is 16.7 Å². The number of nitrogens with zero attached hydrogens (tertiary/aromatic N) is 1. The van der Waals surface area contributed by atoms with Gasteiger partial charge in [-0.3, -0.25) is 4.79 Å². The number of aromatic nitrogens is 1. The molecule has 0 unspecified atom stereocenters. The van der Waals surface area contributed by atoms with Crippen LogP contribution >= 0.6 is 23.1 Å². The Hall–Kier alpha value is -2.38. The molecule has 0 amide bonds. The maximum absolute atomic E-state index is 13.5. The first-order chi connectivity index (χ1) is 12.6. The number of carbonyl (C=O) groups excluding carboxylic acids is 1. The predicted octanol–water partition coefficient (Wildman–Crippen LogP) is 5.17. The molecular weight excluding hydrogens is 371 g/mol. The Balaban J connectivity index is 1.46. The van der Waals surface area contributed by atoms with Gasteiger partial charge >= 0.3 is 5.97 Å². The highest BCUT2D eigenvalue weighted by molar-refractivity contribution is 8.00. The summed E-state index contributed by atoms with van der Waals surface area (Å²) in [4.78, 5) is 16.7. The molecule has 3 aromatic rings. The van der Waals surface area contributed by atoms with Gasteiger partial charge in [0.05, 0.1) is 11.4 Å². The summed E-state index contributed by atoms with van der Waals surface area (Å²) in [6.07, 6.45) is 0. The zero-order valence-corrected chi connectivity index (χ0v) is 15.7. The topological polar surface area (TPSA) is 51.2 Å². The Morgan fingerprint density at radius 2 is 2.00 bits per heavy atom. The van der Waals surface area contributed by atoms with Crippen LogP contribution in [0.15, 0.2) is 58.8 Å². The zero-order chi connectivity index (χ0) is 18.4. The number of aryl methyl sites for hydroxylation is 1. The summed E-state index contributed by atoms with van der Waals surface area (Å²) in [7, 11) is 0. The van der Waals surface area contributed by atoms with Gasteiger partial charge in [0.1, 0.15) is 12.4 Å². The molecule has 0 fully saturated rings. The van der Waals surface area contributed by atoms with E-state index in [1.54, 1.807) is 18.2 Å². The van der Waals surface area contributed by atoms with Gasteiger partial charge < -0.3 is 10.1 Å². The highest BCUT2D eigenvalue weighted by Crippen LogP contribution is 2.23. The SMILES string of the molecule is Cc1ccc(Nc2nc(COC(=O)CSc3ccccc3F)cs2)cc1. The van der Waals surface area contributed by atoms with E-state index < -0.39 is 5.97 Å². The number of thiazole rings is 1. The smallest absolute Gasteiger partial charge is 0.316 e. The zero-order valence-electron chi connectivity index (χ0n) is 14.1. The summed E-state index contributed by atoms with van der Waals surface area (Å²) < 4.78 is 18.7. The van der Waals surface area contributed by atoms with Crippen LogP contribution < -0.4 is 5.32 Å². The summed E-state index contributed by atoms with van der Waals surface area (Å²) in [6, 6.07) is 14.4. The molecule has 7 heteroatoms. The molecule has 0 aliphatic carbocycles. The van der Waals surface area contributed by atoms with Crippen LogP contribution in [-0.2, 0) is 16.1 Å². The normalized spacial score (nSPS) is 10.5. The van der Waals surface area contributed by atoms with Crippen molar-refractivity contribution in [1.29, 1.82) is 0 Å². The Bertz CT molecular complexity index is 881. The van der Waals surface area contributed by atoms with Crippen molar-refractivity contribution in [3.05, 3.63) is 71.0 Å². The number of benzene rings is 2. The van der Waals surface area contributed by atoms with Gasteiger partial charge in [-0.1, -0.05) is 29.8 Å². The second kappa shape index (κ2) is 8.82. The lowest BCUT2D eigenvalue weighted by Gasteiger charge is -2.04. The number of nitrogens with one attached hydrogen (secondary N) is 1. The van der Waals surface area contributed by atoms with Gasteiger partial charge in [-0.25, -0.2) is 9.37 Å². The fraction of sp³-hybridized carbons (Fsp3) is 0.158. The van der Waals surface area contributed by atoms with E-state index in [0.717, 1.165) is 22.6 Å². The molecule has 1 N–H and O–H groups in total. The minimum absolute atomic E-state index is 0.0551. The fourth-order valence-corrected chi connectivity index (χ4v) is 3.54. The molecular formula is C19H17FN2O2S2. The monoisotopic (exact) mass is 388 g/mol. The van der Waals surface area contributed by atoms with Crippen molar-refractivity contribution in [2.75, 3.05) is 11.1 Å². The molecule has 0 saturated heterocycles. The minimum Gasteiger partial charge on any atom is -0.459 e. The summed E-state index contributed by atoms with van der Waals surface area (Å²) >= 11 is 2.56. The van der Waals surface area contributed by atoms with E-state index in [4.69, 9.17) is 4.74 Å². The van der Waals surface area contributed by atoms with Crippen LogP contribution in [0.4, 0.5) is 15.2 Å². The van der Waals surface area contributed by atoms with E-state index in [1.807, 2.05) is 36.6 Å². The predicted molar refractivity (Wildman–Crippen MR) is 103 cm³/mol. The Kier molecular flexibility index (Phi) is 6.25. The molecule has 3 rings (SSSR count). The summed E-state index contributed by atoms with van der Waals surface area (Å²) in [5, 5.41) is 5.79. The van der Waals surface area contributed by atoms with Crippen LogP contribution in [0.2, 0.25) is 0 Å². The van der Waals surface area contributed by atoms with E-state index in [9.17, 15) is 9.18 Å². The van der Waals surface area contributed by atoms with Crippen LogP contribution in [0.1, 0.15) is 11.3 Å². The standard InChI is InChI=1S/C19H17FN2O2S2/c1-13-6-8-14(9-7-13)21-19-22-15(11-26-19)10-24-18(23)12-25-17-5-3-2-4-16(17)20/h2-9,11H,10,12H2,1H3,(H,21,22). The first-order valence-electron chi connectivity index (χ1n) is 7.91. The van der Waals surface area contributed by atoms with Gasteiger partial charge in [0.25, 0.3) is 0 Å². The van der Waals surface area contributed by atoms with Crippen LogP contribution in [0.5, 0.6) is 0 Å². The molecule has 0 aliphatic heterocycles. The van der Waals surface area contributed by atoms with Crippen molar-refractivity contribution in [2.45, 2.75) is 18.4 Å². The quantitative estimate of drug-likeness (QED) is 0.447. The van der Waals surface area contributed by atoms with E-state index in [-0.39, 0.29) is 18.2 Å². The van der Waals surface area contributed by atoms with Gasteiger partial charge in [0, 0.05) is 16.0 Å². The third-order valence-corrected chi connectivity index (χ3v) is 5.25. The third kappa shape index (κ3) is 5.31. The molecule has 1 aromatic heterocycles. The molecule has 4 nitrogen and oxygen atoms in total. The first-order valence-corrected chi connectivity index (χ1v) is 9.78. The minimum atomic E-state index is -0.403. The van der Waals surface area contributed by atoms with Gasteiger partial charge in [-0.15, -0.1) is 23.1 Å². The van der Waals surface area contributed by atoms with Crippen LogP contribution in [0.3, 0.4) is 0 Å². The maximum Gasteiger partial charge on any atom is 0.316 e. The Morgan fingerprint density at radius 3 is 2.77 bits per heavy atom. The summed E-state index contributed by atoms with van der Waals surface area (Å²) in [5.74, 6) is -0.685. The number of esters is 1. The van der Waals surface area contributed by atoms with Crippen molar-refractivity contribution in [3.63, 3.8) is 0 Å². The van der Waals surface area contributed by atoms with Gasteiger partial charge in [0.2, 0.25) is 0 Å². The van der Waals surface area contributed by atoms with E-state index >= 15 is 0 Å². The molecule has 1 heterocycles. The third-order valence-electron chi connectivity index (χ3n) is 3.42. The molecule has 0 atom stereocenters. The Labute approximate surface area is 159 Å². The lowest BCUT2D eigenvalue weighted by atomic mass is 10.2. The van der Waals surface area contributed by atoms with E-state index in [0.29, 0.717) is 10.6 Å². The van der Waals surface area contributed by atoms with Crippen molar-refractivity contribution >= 4 is 39.9 Å².